The van der Waals surface area contributed by atoms with Gasteiger partial charge in [-0.15, -0.1) is 0 Å². The molecule has 0 saturated carbocycles. The third-order valence-electron chi connectivity index (χ3n) is 4.23. The predicted molar refractivity (Wildman–Crippen MR) is 79.5 cm³/mol. The molecule has 0 aliphatic carbocycles. The second kappa shape index (κ2) is 5.51. The van der Waals surface area contributed by atoms with Gasteiger partial charge in [0, 0.05) is 30.6 Å². The van der Waals surface area contributed by atoms with Crippen LogP contribution < -0.4 is 0 Å². The van der Waals surface area contributed by atoms with Crippen LogP contribution in [0, 0.1) is 0 Å². The molecule has 3 rings (SSSR count). The summed E-state index contributed by atoms with van der Waals surface area (Å²) < 4.78 is 5.77. The maximum absolute atomic E-state index is 11.1. The summed E-state index contributed by atoms with van der Waals surface area (Å²) in [6.45, 7) is 2.77. The Morgan fingerprint density at radius 1 is 1.40 bits per heavy atom. The van der Waals surface area contributed by atoms with Gasteiger partial charge >= 0.3 is 0 Å². The normalized spacial score (nSPS) is 26.8. The largest absolute Gasteiger partial charge is 0.385 e. The molecule has 0 bridgehead atoms. The minimum atomic E-state index is -0.791. The third-order valence-corrected chi connectivity index (χ3v) is 4.23. The fourth-order valence-corrected chi connectivity index (χ4v) is 3.20. The molecule has 1 fully saturated rings. The number of fused-ring (bicyclic) bond motifs is 1. The summed E-state index contributed by atoms with van der Waals surface area (Å²) in [5.41, 5.74) is 0.202. The summed E-state index contributed by atoms with van der Waals surface area (Å²) >= 11 is 0. The predicted octanol–water partition coefficient (Wildman–Crippen LogP) is 3.40. The molecule has 1 aromatic carbocycles. The number of aliphatic hydroxyl groups is 1. The first-order valence-electron chi connectivity index (χ1n) is 7.40. The molecular weight excluding hydrogens is 250 g/mol. The average Bonchev–Trinajstić information content (AvgIpc) is 2.47. The van der Waals surface area contributed by atoms with Gasteiger partial charge in [-0.25, -0.2) is 0 Å². The quantitative estimate of drug-likeness (QED) is 0.930. The number of hydrogen-bond donors (Lipinski definition) is 1. The number of rotatable bonds is 3. The lowest BCUT2D eigenvalue weighted by molar-refractivity contribution is -0.109. The van der Waals surface area contributed by atoms with Crippen LogP contribution >= 0.6 is 0 Å². The molecule has 2 heterocycles. The lowest BCUT2D eigenvalue weighted by Crippen LogP contribution is -2.38. The zero-order valence-electron chi connectivity index (χ0n) is 11.9. The van der Waals surface area contributed by atoms with Crippen molar-refractivity contribution in [2.75, 3.05) is 6.61 Å². The van der Waals surface area contributed by atoms with Crippen molar-refractivity contribution in [1.29, 1.82) is 0 Å². The van der Waals surface area contributed by atoms with E-state index >= 15 is 0 Å². The molecule has 3 nitrogen and oxygen atoms in total. The second-order valence-electron chi connectivity index (χ2n) is 5.67. The van der Waals surface area contributed by atoms with Crippen LogP contribution in [0.2, 0.25) is 0 Å². The number of benzene rings is 1. The third kappa shape index (κ3) is 2.43. The molecule has 2 aromatic rings. The lowest BCUT2D eigenvalue weighted by atomic mass is 9.81. The highest BCUT2D eigenvalue weighted by atomic mass is 16.5. The van der Waals surface area contributed by atoms with Crippen LogP contribution in [0.25, 0.3) is 10.8 Å². The van der Waals surface area contributed by atoms with Crippen molar-refractivity contribution in [1.82, 2.24) is 4.98 Å². The molecular formula is C17H21NO2. The van der Waals surface area contributed by atoms with Gasteiger partial charge in [0.1, 0.15) is 0 Å². The molecule has 1 aliphatic heterocycles. The Labute approximate surface area is 119 Å². The Kier molecular flexibility index (Phi) is 3.72. The zero-order valence-corrected chi connectivity index (χ0v) is 11.9. The summed E-state index contributed by atoms with van der Waals surface area (Å²) in [4.78, 5) is 4.21. The molecule has 2 unspecified atom stereocenters. The van der Waals surface area contributed by atoms with Gasteiger partial charge in [0.25, 0.3) is 0 Å². The molecule has 2 atom stereocenters. The topological polar surface area (TPSA) is 42.4 Å². The number of pyridine rings is 1. The van der Waals surface area contributed by atoms with Gasteiger partial charge in [0.15, 0.2) is 0 Å². The van der Waals surface area contributed by atoms with E-state index in [0.29, 0.717) is 19.4 Å². The van der Waals surface area contributed by atoms with E-state index in [-0.39, 0.29) is 6.10 Å². The van der Waals surface area contributed by atoms with Gasteiger partial charge < -0.3 is 9.84 Å². The van der Waals surface area contributed by atoms with Crippen molar-refractivity contribution in [2.24, 2.45) is 0 Å². The number of nitrogens with zero attached hydrogens (tertiary/aromatic N) is 1. The minimum Gasteiger partial charge on any atom is -0.385 e. The molecule has 0 spiro atoms. The van der Waals surface area contributed by atoms with Crippen molar-refractivity contribution in [2.45, 2.75) is 44.3 Å². The van der Waals surface area contributed by atoms with Crippen LogP contribution in [0.15, 0.2) is 36.7 Å². The van der Waals surface area contributed by atoms with Crippen LogP contribution in [0.5, 0.6) is 0 Å². The van der Waals surface area contributed by atoms with E-state index in [9.17, 15) is 5.11 Å². The summed E-state index contributed by atoms with van der Waals surface area (Å²) in [6.07, 6.45) is 7.22. The lowest BCUT2D eigenvalue weighted by Gasteiger charge is -2.38. The van der Waals surface area contributed by atoms with Gasteiger partial charge in [-0.1, -0.05) is 31.5 Å². The van der Waals surface area contributed by atoms with Crippen molar-refractivity contribution in [3.05, 3.63) is 42.2 Å². The number of aromatic nitrogens is 1. The highest BCUT2D eigenvalue weighted by molar-refractivity contribution is 5.85. The van der Waals surface area contributed by atoms with E-state index < -0.39 is 5.60 Å². The first kappa shape index (κ1) is 13.5. The Morgan fingerprint density at radius 2 is 2.30 bits per heavy atom. The van der Waals surface area contributed by atoms with Gasteiger partial charge in [-0.05, 0) is 23.4 Å². The zero-order chi connectivity index (χ0) is 14.0. The molecule has 1 N–H and O–H groups in total. The fraction of sp³-hybridized carbons (Fsp3) is 0.471. The molecule has 20 heavy (non-hydrogen) atoms. The van der Waals surface area contributed by atoms with E-state index in [2.05, 4.69) is 18.0 Å². The van der Waals surface area contributed by atoms with Crippen LogP contribution in [0.4, 0.5) is 0 Å². The van der Waals surface area contributed by atoms with Crippen molar-refractivity contribution in [3.63, 3.8) is 0 Å². The average molecular weight is 271 g/mol. The van der Waals surface area contributed by atoms with E-state index in [1.165, 1.54) is 0 Å². The Morgan fingerprint density at radius 3 is 3.15 bits per heavy atom. The summed E-state index contributed by atoms with van der Waals surface area (Å²) in [6, 6.07) is 8.09. The van der Waals surface area contributed by atoms with Crippen LogP contribution in [-0.4, -0.2) is 22.8 Å². The molecule has 106 valence electrons. The van der Waals surface area contributed by atoms with Gasteiger partial charge in [-0.2, -0.15) is 0 Å². The van der Waals surface area contributed by atoms with E-state index in [1.807, 2.05) is 24.4 Å². The highest BCUT2D eigenvalue weighted by Crippen LogP contribution is 2.38. The van der Waals surface area contributed by atoms with E-state index in [0.717, 1.165) is 29.2 Å². The van der Waals surface area contributed by atoms with Crippen molar-refractivity contribution >= 4 is 10.8 Å². The summed E-state index contributed by atoms with van der Waals surface area (Å²) in [5, 5.41) is 13.3. The minimum absolute atomic E-state index is 0.158. The van der Waals surface area contributed by atoms with Gasteiger partial charge in [-0.3, -0.25) is 4.98 Å². The Balaban J connectivity index is 2.00. The molecule has 0 radical (unpaired) electrons. The smallest absolute Gasteiger partial charge is 0.0949 e. The molecule has 1 aromatic heterocycles. The van der Waals surface area contributed by atoms with Gasteiger partial charge in [0.05, 0.1) is 18.3 Å². The fourth-order valence-electron chi connectivity index (χ4n) is 3.20. The SMILES string of the molecule is CCCC1CC(O)(c2cccc3ccncc23)CCO1. The molecule has 1 saturated heterocycles. The van der Waals surface area contributed by atoms with Crippen LogP contribution in [-0.2, 0) is 10.3 Å². The van der Waals surface area contributed by atoms with Gasteiger partial charge in [0.2, 0.25) is 0 Å². The Hall–Kier alpha value is -1.45. The molecule has 1 aliphatic rings. The van der Waals surface area contributed by atoms with Crippen molar-refractivity contribution in [3.8, 4) is 0 Å². The monoisotopic (exact) mass is 271 g/mol. The van der Waals surface area contributed by atoms with E-state index in [1.54, 1.807) is 6.20 Å². The summed E-state index contributed by atoms with van der Waals surface area (Å²) in [7, 11) is 0. The Bertz CT molecular complexity index is 591. The maximum atomic E-state index is 11.1. The van der Waals surface area contributed by atoms with Crippen molar-refractivity contribution < 1.29 is 9.84 Å². The first-order chi connectivity index (χ1) is 9.73. The first-order valence-corrected chi connectivity index (χ1v) is 7.40. The summed E-state index contributed by atoms with van der Waals surface area (Å²) in [5.74, 6) is 0. The number of ether oxygens (including phenoxy) is 1. The second-order valence-corrected chi connectivity index (χ2v) is 5.67. The van der Waals surface area contributed by atoms with Crippen LogP contribution in [0.1, 0.15) is 38.2 Å². The molecule has 0 amide bonds. The standard InChI is InChI=1S/C17H21NO2/c1-2-4-14-11-17(19,8-10-20-14)16-6-3-5-13-7-9-18-12-15(13)16/h3,5-7,9,12,14,19H,2,4,8,10-11H2,1H3. The highest BCUT2D eigenvalue weighted by Gasteiger charge is 2.37. The maximum Gasteiger partial charge on any atom is 0.0949 e. The van der Waals surface area contributed by atoms with Crippen LogP contribution in [0.3, 0.4) is 0 Å². The van der Waals surface area contributed by atoms with E-state index in [4.69, 9.17) is 4.74 Å². The molecule has 3 heteroatoms. The number of hydrogen-bond acceptors (Lipinski definition) is 3.